The molecule has 1 unspecified atom stereocenters. The van der Waals surface area contributed by atoms with Crippen molar-refractivity contribution in [3.63, 3.8) is 0 Å². The van der Waals surface area contributed by atoms with Crippen molar-refractivity contribution >= 4 is 41.3 Å². The number of thiophene rings is 1. The Morgan fingerprint density at radius 3 is 2.76 bits per heavy atom. The molecule has 0 radical (unpaired) electrons. The molecule has 2 aromatic rings. The van der Waals surface area contributed by atoms with Gasteiger partial charge in [-0.05, 0) is 35.2 Å². The van der Waals surface area contributed by atoms with Gasteiger partial charge in [0.15, 0.2) is 11.8 Å². The van der Waals surface area contributed by atoms with Crippen molar-refractivity contribution in [3.05, 3.63) is 34.0 Å². The lowest BCUT2D eigenvalue weighted by atomic mass is 10.1. The van der Waals surface area contributed by atoms with Crippen LogP contribution in [-0.4, -0.2) is 71.6 Å². The van der Waals surface area contributed by atoms with Crippen LogP contribution in [0.4, 0.5) is 0 Å². The van der Waals surface area contributed by atoms with E-state index in [9.17, 15) is 0 Å². The summed E-state index contributed by atoms with van der Waals surface area (Å²) in [6.45, 7) is 11.0. The van der Waals surface area contributed by atoms with Crippen molar-refractivity contribution in [1.29, 1.82) is 0 Å². The Hall–Kier alpha value is -1.24. The molecule has 1 aliphatic rings. The van der Waals surface area contributed by atoms with E-state index in [-0.39, 0.29) is 24.0 Å². The van der Waals surface area contributed by atoms with E-state index >= 15 is 0 Å². The van der Waals surface area contributed by atoms with E-state index in [1.165, 1.54) is 5.56 Å². The molecule has 1 atom stereocenters. The van der Waals surface area contributed by atoms with Crippen LogP contribution in [0.2, 0.25) is 0 Å². The third kappa shape index (κ3) is 7.50. The number of morpholine rings is 1. The van der Waals surface area contributed by atoms with Crippen molar-refractivity contribution in [3.8, 4) is 0 Å². The summed E-state index contributed by atoms with van der Waals surface area (Å²) >= 11 is 1.74. The minimum absolute atomic E-state index is 0. The Kier molecular flexibility index (Phi) is 10.3. The van der Waals surface area contributed by atoms with Gasteiger partial charge in [-0.1, -0.05) is 6.92 Å². The second-order valence-electron chi connectivity index (χ2n) is 7.11. The van der Waals surface area contributed by atoms with E-state index < -0.39 is 0 Å². The molecule has 29 heavy (non-hydrogen) atoms. The van der Waals surface area contributed by atoms with Crippen LogP contribution in [0.25, 0.3) is 0 Å². The summed E-state index contributed by atoms with van der Waals surface area (Å²) in [5.74, 6) is 2.99. The lowest BCUT2D eigenvalue weighted by molar-refractivity contribution is 0.0389. The van der Waals surface area contributed by atoms with Crippen molar-refractivity contribution < 1.29 is 4.74 Å². The van der Waals surface area contributed by atoms with Gasteiger partial charge in [0.1, 0.15) is 12.4 Å². The van der Waals surface area contributed by atoms with Gasteiger partial charge in [0.2, 0.25) is 0 Å². The smallest absolute Gasteiger partial charge is 0.191 e. The number of aryl methyl sites for hydroxylation is 1. The molecule has 2 aromatic heterocycles. The van der Waals surface area contributed by atoms with E-state index in [4.69, 9.17) is 9.73 Å². The molecule has 0 aliphatic carbocycles. The molecule has 3 heterocycles. The van der Waals surface area contributed by atoms with E-state index in [1.807, 2.05) is 18.5 Å². The van der Waals surface area contributed by atoms with Gasteiger partial charge in [0.05, 0.1) is 13.2 Å². The van der Waals surface area contributed by atoms with Gasteiger partial charge in [-0.2, -0.15) is 11.3 Å². The predicted octanol–water partition coefficient (Wildman–Crippen LogP) is 1.97. The maximum atomic E-state index is 5.42. The second-order valence-corrected chi connectivity index (χ2v) is 7.89. The van der Waals surface area contributed by atoms with Crippen molar-refractivity contribution in [2.75, 3.05) is 45.9 Å². The number of aliphatic imine (C=N–C) groups is 1. The molecule has 8 nitrogen and oxygen atoms in total. The maximum absolute atomic E-state index is 5.42. The van der Waals surface area contributed by atoms with Crippen molar-refractivity contribution in [2.24, 2.45) is 12.0 Å². The number of hydrogen-bond acceptors (Lipinski definition) is 6. The number of rotatable bonds is 8. The van der Waals surface area contributed by atoms with Gasteiger partial charge < -0.3 is 19.9 Å². The molecule has 1 aliphatic heterocycles. The molecule has 1 saturated heterocycles. The monoisotopic (exact) mass is 533 g/mol. The number of ether oxygens (including phenoxy) is 1. The third-order valence-corrected chi connectivity index (χ3v) is 5.77. The fraction of sp³-hybridized carbons (Fsp3) is 0.632. The first-order valence-corrected chi connectivity index (χ1v) is 10.8. The summed E-state index contributed by atoms with van der Waals surface area (Å²) in [7, 11) is 1.97. The molecule has 1 fully saturated rings. The van der Waals surface area contributed by atoms with Gasteiger partial charge in [-0.15, -0.1) is 34.2 Å². The number of aromatic nitrogens is 3. The Labute approximate surface area is 194 Å². The topological polar surface area (TPSA) is 79.6 Å². The van der Waals surface area contributed by atoms with Crippen LogP contribution in [0.1, 0.15) is 30.1 Å². The van der Waals surface area contributed by atoms with Crippen molar-refractivity contribution in [1.82, 2.24) is 30.3 Å². The van der Waals surface area contributed by atoms with Crippen molar-refractivity contribution in [2.45, 2.75) is 26.3 Å². The zero-order chi connectivity index (χ0) is 19.8. The summed E-state index contributed by atoms with van der Waals surface area (Å²) in [5.41, 5.74) is 1.36. The number of hydrogen-bond donors (Lipinski definition) is 2. The van der Waals surface area contributed by atoms with Crippen LogP contribution in [0.15, 0.2) is 21.8 Å². The fourth-order valence-electron chi connectivity index (χ4n) is 2.99. The number of guanidine groups is 1. The summed E-state index contributed by atoms with van der Waals surface area (Å²) in [4.78, 5) is 7.15. The molecule has 0 amide bonds. The summed E-state index contributed by atoms with van der Waals surface area (Å²) in [6.07, 6.45) is 0. The van der Waals surface area contributed by atoms with E-state index in [0.29, 0.717) is 12.5 Å². The van der Waals surface area contributed by atoms with Gasteiger partial charge in [0.25, 0.3) is 0 Å². The third-order valence-electron chi connectivity index (χ3n) is 5.07. The van der Waals surface area contributed by atoms with Gasteiger partial charge in [-0.25, -0.2) is 4.99 Å². The minimum Gasteiger partial charge on any atom is -0.379 e. The summed E-state index contributed by atoms with van der Waals surface area (Å²) in [5, 5.41) is 19.6. The van der Waals surface area contributed by atoms with E-state index in [0.717, 1.165) is 63.5 Å². The highest BCUT2D eigenvalue weighted by atomic mass is 127. The van der Waals surface area contributed by atoms with Crippen LogP contribution in [0, 0.1) is 6.92 Å². The molecule has 0 aromatic carbocycles. The molecule has 0 bridgehead atoms. The molecular weight excluding hydrogens is 501 g/mol. The lowest BCUT2D eigenvalue weighted by Gasteiger charge is -2.27. The SMILES string of the molecule is Cc1nnc(CN=C(NCCN2CCOCC2)NCC(C)c2ccsc2)n1C.I. The Bertz CT molecular complexity index is 744. The standard InChI is InChI=1S/C19H31N7OS.HI/c1-15(17-4-11-28-14-17)12-21-19(20-5-6-26-7-9-27-10-8-26)22-13-18-24-23-16(2)25(18)3;/h4,11,14-15H,5-10,12-13H2,1-3H3,(H2,20,21,22);1H. The zero-order valence-corrected chi connectivity index (χ0v) is 20.6. The molecule has 3 rings (SSSR count). The summed E-state index contributed by atoms with van der Waals surface area (Å²) in [6, 6.07) is 2.18. The first kappa shape index (κ1) is 24.0. The zero-order valence-electron chi connectivity index (χ0n) is 17.4. The summed E-state index contributed by atoms with van der Waals surface area (Å²) < 4.78 is 7.39. The van der Waals surface area contributed by atoms with Crippen LogP contribution in [0.5, 0.6) is 0 Å². The van der Waals surface area contributed by atoms with E-state index in [1.54, 1.807) is 11.3 Å². The van der Waals surface area contributed by atoms with Crippen LogP contribution >= 0.6 is 35.3 Å². The first-order valence-electron chi connectivity index (χ1n) is 9.82. The average Bonchev–Trinajstić information content (AvgIpc) is 3.36. The normalized spacial score (nSPS) is 16.3. The largest absolute Gasteiger partial charge is 0.379 e. The molecule has 2 N–H and O–H groups in total. The first-order chi connectivity index (χ1) is 13.6. The Balaban J connectivity index is 0.00000300. The van der Waals surface area contributed by atoms with Crippen LogP contribution in [-0.2, 0) is 18.3 Å². The molecule has 0 spiro atoms. The predicted molar refractivity (Wildman–Crippen MR) is 128 cm³/mol. The number of nitrogens with one attached hydrogen (secondary N) is 2. The van der Waals surface area contributed by atoms with Gasteiger partial charge >= 0.3 is 0 Å². The maximum Gasteiger partial charge on any atom is 0.191 e. The second kappa shape index (κ2) is 12.5. The highest BCUT2D eigenvalue weighted by Gasteiger charge is 2.11. The van der Waals surface area contributed by atoms with Crippen LogP contribution in [0.3, 0.4) is 0 Å². The molecule has 0 saturated carbocycles. The number of nitrogens with zero attached hydrogens (tertiary/aromatic N) is 5. The molecule has 10 heteroatoms. The lowest BCUT2D eigenvalue weighted by Crippen LogP contribution is -2.45. The molecule has 162 valence electrons. The minimum atomic E-state index is 0. The quantitative estimate of drug-likeness (QED) is 0.307. The highest BCUT2D eigenvalue weighted by Crippen LogP contribution is 2.17. The Morgan fingerprint density at radius 1 is 1.31 bits per heavy atom. The van der Waals surface area contributed by atoms with Gasteiger partial charge in [0, 0.05) is 39.8 Å². The fourth-order valence-corrected chi connectivity index (χ4v) is 3.78. The molecular formula is C19H32IN7OS. The van der Waals surface area contributed by atoms with Gasteiger partial charge in [-0.3, -0.25) is 4.90 Å². The highest BCUT2D eigenvalue weighted by molar-refractivity contribution is 14.0. The van der Waals surface area contributed by atoms with E-state index in [2.05, 4.69) is 49.5 Å². The van der Waals surface area contributed by atoms with Crippen LogP contribution < -0.4 is 10.6 Å². The average molecular weight is 533 g/mol. The number of halogens is 1. The Morgan fingerprint density at radius 2 is 2.10 bits per heavy atom.